The van der Waals surface area contributed by atoms with Gasteiger partial charge in [0.2, 0.25) is 0 Å². The minimum absolute atomic E-state index is 0.137. The molecule has 1 aromatic carbocycles. The zero-order valence-electron chi connectivity index (χ0n) is 18.9. The van der Waals surface area contributed by atoms with Crippen molar-refractivity contribution in [3.05, 3.63) is 91.6 Å². The van der Waals surface area contributed by atoms with Crippen molar-refractivity contribution < 1.29 is 0 Å². The minimum atomic E-state index is -1.00. The molecule has 0 aliphatic carbocycles. The Bertz CT molecular complexity index is 1430. The van der Waals surface area contributed by atoms with Crippen molar-refractivity contribution in [2.45, 2.75) is 39.4 Å². The molecule has 3 aromatic rings. The van der Waals surface area contributed by atoms with Crippen molar-refractivity contribution >= 4 is 40.2 Å². The molecule has 3 N–H and O–H groups in total. The van der Waals surface area contributed by atoms with Gasteiger partial charge < -0.3 is 10.3 Å². The quantitative estimate of drug-likeness (QED) is 0.476. The van der Waals surface area contributed by atoms with E-state index in [0.717, 1.165) is 16.8 Å². The first-order chi connectivity index (χ1) is 15.8. The molecule has 33 heavy (non-hydrogen) atoms. The summed E-state index contributed by atoms with van der Waals surface area (Å²) in [4.78, 5) is 33.9. The topological polar surface area (TPSA) is 91.3 Å². The van der Waals surface area contributed by atoms with E-state index in [-0.39, 0.29) is 17.0 Å². The van der Waals surface area contributed by atoms with Crippen LogP contribution in [0.3, 0.4) is 0 Å². The van der Waals surface area contributed by atoms with Crippen LogP contribution in [0.2, 0.25) is 5.02 Å². The van der Waals surface area contributed by atoms with Crippen LogP contribution in [-0.2, 0) is 5.66 Å². The number of aromatic nitrogens is 2. The van der Waals surface area contributed by atoms with Gasteiger partial charge in [-0.15, -0.1) is 0 Å². The van der Waals surface area contributed by atoms with Crippen molar-refractivity contribution in [2.24, 2.45) is 4.99 Å². The highest BCUT2D eigenvalue weighted by Gasteiger charge is 2.35. The standard InChI is InChI=1S/C25H26ClN5O2/c1-5-6-8-15(2)31-19(13-17-9-7-10-18(26)21(17)24(31)33)16(3)30-25(4)22-20(32)11-12-27-23(22)28-14-29-25/h5-14,16,30H,1-4H3,(H2,27,28,29,32)/b6-5-,15-8+. The lowest BCUT2D eigenvalue weighted by Crippen LogP contribution is -2.46. The lowest BCUT2D eigenvalue weighted by molar-refractivity contribution is 0.333. The molecule has 8 heteroatoms. The van der Waals surface area contributed by atoms with Gasteiger partial charge in [-0.2, -0.15) is 0 Å². The van der Waals surface area contributed by atoms with Gasteiger partial charge in [0.25, 0.3) is 5.56 Å². The average molecular weight is 464 g/mol. The smallest absolute Gasteiger partial charge is 0.264 e. The Labute approximate surface area is 196 Å². The van der Waals surface area contributed by atoms with Crippen LogP contribution < -0.4 is 21.6 Å². The fourth-order valence-corrected chi connectivity index (χ4v) is 4.57. The number of benzene rings is 1. The maximum absolute atomic E-state index is 13.6. The van der Waals surface area contributed by atoms with Gasteiger partial charge in [0.1, 0.15) is 11.5 Å². The van der Waals surface area contributed by atoms with Gasteiger partial charge in [-0.05, 0) is 51.3 Å². The fraction of sp³-hybridized carbons (Fsp3) is 0.240. The molecule has 2 atom stereocenters. The summed E-state index contributed by atoms with van der Waals surface area (Å²) in [6.07, 6.45) is 8.82. The van der Waals surface area contributed by atoms with Gasteiger partial charge >= 0.3 is 0 Å². The van der Waals surface area contributed by atoms with Gasteiger partial charge in [-0.3, -0.25) is 19.5 Å². The predicted molar refractivity (Wildman–Crippen MR) is 136 cm³/mol. The summed E-state index contributed by atoms with van der Waals surface area (Å²) in [5.74, 6) is 0.589. The molecule has 0 saturated heterocycles. The number of halogens is 1. The Balaban J connectivity index is 1.89. The molecule has 0 bridgehead atoms. The van der Waals surface area contributed by atoms with Crippen molar-refractivity contribution in [3.63, 3.8) is 0 Å². The number of nitrogens with zero attached hydrogens (tertiary/aromatic N) is 2. The molecule has 7 nitrogen and oxygen atoms in total. The molecule has 1 aliphatic rings. The molecule has 0 radical (unpaired) electrons. The Morgan fingerprint density at radius 1 is 1.30 bits per heavy atom. The molecule has 0 fully saturated rings. The summed E-state index contributed by atoms with van der Waals surface area (Å²) in [7, 11) is 0. The predicted octanol–water partition coefficient (Wildman–Crippen LogP) is 4.76. The van der Waals surface area contributed by atoms with Crippen LogP contribution in [0.25, 0.3) is 16.5 Å². The fourth-order valence-electron chi connectivity index (χ4n) is 4.30. The highest BCUT2D eigenvalue weighted by atomic mass is 35.5. The summed E-state index contributed by atoms with van der Waals surface area (Å²) in [6, 6.07) is 8.51. The number of hydrogen-bond acceptors (Lipinski definition) is 5. The van der Waals surface area contributed by atoms with Crippen molar-refractivity contribution in [1.82, 2.24) is 14.9 Å². The maximum Gasteiger partial charge on any atom is 0.264 e. The summed E-state index contributed by atoms with van der Waals surface area (Å²) >= 11 is 6.40. The Morgan fingerprint density at radius 2 is 2.09 bits per heavy atom. The van der Waals surface area contributed by atoms with Crippen LogP contribution >= 0.6 is 11.6 Å². The van der Waals surface area contributed by atoms with Crippen LogP contribution in [0.4, 0.5) is 5.82 Å². The van der Waals surface area contributed by atoms with Gasteiger partial charge in [0.15, 0.2) is 5.43 Å². The van der Waals surface area contributed by atoms with Crippen LogP contribution in [0, 0.1) is 0 Å². The molecule has 0 amide bonds. The number of allylic oxidation sites excluding steroid dienone is 4. The highest BCUT2D eigenvalue weighted by Crippen LogP contribution is 2.32. The Kier molecular flexibility index (Phi) is 6.10. The zero-order chi connectivity index (χ0) is 23.8. The van der Waals surface area contributed by atoms with Crippen LogP contribution in [0.1, 0.15) is 45.0 Å². The van der Waals surface area contributed by atoms with Crippen LogP contribution in [0.5, 0.6) is 0 Å². The molecule has 4 rings (SSSR count). The lowest BCUT2D eigenvalue weighted by Gasteiger charge is -2.34. The van der Waals surface area contributed by atoms with Gasteiger partial charge in [0.05, 0.1) is 22.3 Å². The van der Waals surface area contributed by atoms with Crippen LogP contribution in [0.15, 0.2) is 69.3 Å². The molecule has 2 unspecified atom stereocenters. The number of aromatic amines is 1. The second-order valence-corrected chi connectivity index (χ2v) is 8.59. The summed E-state index contributed by atoms with van der Waals surface area (Å²) < 4.78 is 1.66. The Morgan fingerprint density at radius 3 is 2.85 bits per heavy atom. The molecular formula is C25H26ClN5O2. The summed E-state index contributed by atoms with van der Waals surface area (Å²) in [5.41, 5.74) is 0.634. The number of aliphatic imine (C=N–C) groups is 1. The SMILES string of the molecule is C/C=C\C=C(/C)n1c(C(C)NC2(C)N=CNc3[nH]ccc(=O)c32)cc2cccc(Cl)c2c1=O. The van der Waals surface area contributed by atoms with Gasteiger partial charge in [0, 0.05) is 29.7 Å². The van der Waals surface area contributed by atoms with Gasteiger partial charge in [-0.1, -0.05) is 35.9 Å². The minimum Gasteiger partial charge on any atom is -0.348 e. The molecule has 3 heterocycles. The second-order valence-electron chi connectivity index (χ2n) is 8.18. The molecule has 2 aromatic heterocycles. The van der Waals surface area contributed by atoms with E-state index >= 15 is 0 Å². The van der Waals surface area contributed by atoms with E-state index in [1.807, 2.05) is 64.1 Å². The number of hydrogen-bond donors (Lipinski definition) is 3. The number of pyridine rings is 2. The lowest BCUT2D eigenvalue weighted by atomic mass is 9.98. The monoisotopic (exact) mass is 463 g/mol. The van der Waals surface area contributed by atoms with Crippen molar-refractivity contribution in [3.8, 4) is 0 Å². The number of fused-ring (bicyclic) bond motifs is 2. The molecule has 0 spiro atoms. The van der Waals surface area contributed by atoms with E-state index in [1.165, 1.54) is 6.07 Å². The summed E-state index contributed by atoms with van der Waals surface area (Å²) in [5, 5.41) is 8.09. The first kappa shape index (κ1) is 22.8. The van der Waals surface area contributed by atoms with E-state index in [2.05, 4.69) is 20.6 Å². The van der Waals surface area contributed by atoms with Crippen LogP contribution in [-0.4, -0.2) is 15.9 Å². The van der Waals surface area contributed by atoms with E-state index < -0.39 is 5.66 Å². The molecular weight excluding hydrogens is 438 g/mol. The molecule has 1 aliphatic heterocycles. The second kappa shape index (κ2) is 8.84. The highest BCUT2D eigenvalue weighted by molar-refractivity contribution is 6.35. The molecule has 0 saturated carbocycles. The van der Waals surface area contributed by atoms with Gasteiger partial charge in [-0.25, -0.2) is 4.99 Å². The third-order valence-corrected chi connectivity index (χ3v) is 6.14. The number of nitrogens with one attached hydrogen (secondary N) is 3. The van der Waals surface area contributed by atoms with E-state index in [1.54, 1.807) is 23.2 Å². The maximum atomic E-state index is 13.6. The first-order valence-electron chi connectivity index (χ1n) is 10.7. The summed E-state index contributed by atoms with van der Waals surface area (Å²) in [6.45, 7) is 7.59. The van der Waals surface area contributed by atoms with Crippen molar-refractivity contribution in [2.75, 3.05) is 5.32 Å². The number of H-pyrrole nitrogens is 1. The van der Waals surface area contributed by atoms with E-state index in [4.69, 9.17) is 11.6 Å². The zero-order valence-corrected chi connectivity index (χ0v) is 19.7. The van der Waals surface area contributed by atoms with E-state index in [0.29, 0.717) is 21.8 Å². The Hall–Kier alpha value is -3.42. The number of rotatable bonds is 5. The third kappa shape index (κ3) is 4.05. The normalized spacial score (nSPS) is 19.0. The first-order valence-corrected chi connectivity index (χ1v) is 11.1. The average Bonchev–Trinajstić information content (AvgIpc) is 2.77. The largest absolute Gasteiger partial charge is 0.348 e. The number of anilines is 1. The van der Waals surface area contributed by atoms with Crippen molar-refractivity contribution in [1.29, 1.82) is 0 Å². The third-order valence-electron chi connectivity index (χ3n) is 5.83. The molecule has 170 valence electrons. The van der Waals surface area contributed by atoms with E-state index in [9.17, 15) is 9.59 Å².